The van der Waals surface area contributed by atoms with Crippen molar-refractivity contribution in [2.75, 3.05) is 25.1 Å². The molecule has 37 heavy (non-hydrogen) atoms. The molecule has 2 aliphatic heterocycles. The third-order valence-corrected chi connectivity index (χ3v) is 6.48. The number of para-hydroxylation sites is 1. The number of ether oxygens (including phenoxy) is 3. The molecule has 0 radical (unpaired) electrons. The van der Waals surface area contributed by atoms with E-state index in [1.807, 2.05) is 32.0 Å². The summed E-state index contributed by atoms with van der Waals surface area (Å²) in [5.41, 5.74) is 3.25. The fourth-order valence-electron chi connectivity index (χ4n) is 4.60. The number of aryl methyl sites for hydroxylation is 2. The largest absolute Gasteiger partial charge is 0.483 e. The average Bonchev–Trinajstić information content (AvgIpc) is 3.48. The number of hydrogen-bond acceptors (Lipinski definition) is 6. The normalized spacial score (nSPS) is 16.6. The van der Waals surface area contributed by atoms with Crippen molar-refractivity contribution in [1.29, 1.82) is 0 Å². The first kappa shape index (κ1) is 24.5. The van der Waals surface area contributed by atoms with Gasteiger partial charge in [-0.1, -0.05) is 18.2 Å². The van der Waals surface area contributed by atoms with Crippen LogP contribution in [0.2, 0.25) is 0 Å². The molecular weight excluding hydrogens is 472 g/mol. The molecule has 3 amide bonds. The summed E-state index contributed by atoms with van der Waals surface area (Å²) in [4.78, 5) is 39.2. The summed E-state index contributed by atoms with van der Waals surface area (Å²) in [6, 6.07) is 17.6. The Balaban J connectivity index is 1.18. The molecule has 1 N–H and O–H groups in total. The van der Waals surface area contributed by atoms with Gasteiger partial charge in [-0.25, -0.2) is 0 Å². The molecule has 1 fully saturated rings. The number of carbonyl (C=O) groups is 3. The lowest BCUT2D eigenvalue weighted by atomic mass is 10.1. The second kappa shape index (κ2) is 10.4. The molecule has 190 valence electrons. The van der Waals surface area contributed by atoms with Gasteiger partial charge in [0.1, 0.15) is 17.2 Å². The van der Waals surface area contributed by atoms with E-state index in [2.05, 4.69) is 5.32 Å². The Morgan fingerprint density at radius 1 is 0.973 bits per heavy atom. The number of amides is 3. The number of benzene rings is 3. The minimum atomic E-state index is -0.331. The van der Waals surface area contributed by atoms with E-state index in [9.17, 15) is 14.4 Å². The highest BCUT2D eigenvalue weighted by Crippen LogP contribution is 2.31. The minimum absolute atomic E-state index is 0.101. The lowest BCUT2D eigenvalue weighted by Gasteiger charge is -2.17. The van der Waals surface area contributed by atoms with Gasteiger partial charge >= 0.3 is 0 Å². The smallest absolute Gasteiger partial charge is 0.262 e. The number of imide groups is 1. The molecule has 0 aromatic heterocycles. The number of carbonyl (C=O) groups excluding carboxylic acids is 3. The van der Waals surface area contributed by atoms with Crippen molar-refractivity contribution in [3.05, 3.63) is 82.9 Å². The standard InChI is InChI=1S/C29H28N2O6/c1-18-5-3-6-19(2)27(18)36-17-26(32)30-20-8-10-21(11-9-20)37-22-12-13-24-25(15-22)29(34)31(28(24)33)16-23-7-4-14-35-23/h3,5-6,8-13,15,23H,4,7,14,16-17H2,1-2H3,(H,30,32). The van der Waals surface area contributed by atoms with Crippen LogP contribution in [0.1, 0.15) is 44.7 Å². The summed E-state index contributed by atoms with van der Waals surface area (Å²) < 4.78 is 17.2. The highest BCUT2D eigenvalue weighted by Gasteiger charge is 2.37. The molecule has 2 heterocycles. The molecule has 1 atom stereocenters. The summed E-state index contributed by atoms with van der Waals surface area (Å²) in [6.45, 7) is 4.71. The van der Waals surface area contributed by atoms with Gasteiger partial charge < -0.3 is 19.5 Å². The molecule has 5 rings (SSSR count). The van der Waals surface area contributed by atoms with Crippen LogP contribution in [0, 0.1) is 13.8 Å². The summed E-state index contributed by atoms with van der Waals surface area (Å²) in [5.74, 6) is 0.776. The van der Waals surface area contributed by atoms with E-state index < -0.39 is 0 Å². The summed E-state index contributed by atoms with van der Waals surface area (Å²) in [5, 5.41) is 2.80. The Morgan fingerprint density at radius 2 is 1.68 bits per heavy atom. The predicted octanol–water partition coefficient (Wildman–Crippen LogP) is 4.89. The van der Waals surface area contributed by atoms with E-state index in [1.165, 1.54) is 4.90 Å². The lowest BCUT2D eigenvalue weighted by molar-refractivity contribution is -0.118. The molecule has 0 bridgehead atoms. The van der Waals surface area contributed by atoms with Crippen LogP contribution in [0.5, 0.6) is 17.2 Å². The molecule has 8 heteroatoms. The first-order chi connectivity index (χ1) is 17.9. The third kappa shape index (κ3) is 5.34. The summed E-state index contributed by atoms with van der Waals surface area (Å²) >= 11 is 0. The van der Waals surface area contributed by atoms with Crippen LogP contribution < -0.4 is 14.8 Å². The predicted molar refractivity (Wildman–Crippen MR) is 137 cm³/mol. The highest BCUT2D eigenvalue weighted by molar-refractivity contribution is 6.21. The van der Waals surface area contributed by atoms with Gasteiger partial charge in [-0.2, -0.15) is 0 Å². The number of anilines is 1. The summed E-state index contributed by atoms with van der Waals surface area (Å²) in [6.07, 6.45) is 1.68. The molecular formula is C29H28N2O6. The fourth-order valence-corrected chi connectivity index (χ4v) is 4.60. The topological polar surface area (TPSA) is 94.2 Å². The first-order valence-electron chi connectivity index (χ1n) is 12.3. The van der Waals surface area contributed by atoms with Crippen LogP contribution in [0.3, 0.4) is 0 Å². The van der Waals surface area contributed by atoms with Gasteiger partial charge in [0, 0.05) is 12.3 Å². The van der Waals surface area contributed by atoms with Gasteiger partial charge in [0.05, 0.1) is 23.8 Å². The van der Waals surface area contributed by atoms with Gasteiger partial charge in [0.25, 0.3) is 17.7 Å². The molecule has 0 saturated carbocycles. The van der Waals surface area contributed by atoms with Crippen LogP contribution in [-0.4, -0.2) is 48.5 Å². The molecule has 0 aliphatic carbocycles. The maximum atomic E-state index is 12.9. The maximum absolute atomic E-state index is 12.9. The van der Waals surface area contributed by atoms with Crippen molar-refractivity contribution in [1.82, 2.24) is 4.90 Å². The molecule has 0 spiro atoms. The molecule has 1 saturated heterocycles. The number of fused-ring (bicyclic) bond motifs is 1. The molecule has 2 aliphatic rings. The maximum Gasteiger partial charge on any atom is 0.262 e. The molecule has 3 aromatic rings. The fraction of sp³-hybridized carbons (Fsp3) is 0.276. The van der Waals surface area contributed by atoms with Crippen molar-refractivity contribution >= 4 is 23.4 Å². The van der Waals surface area contributed by atoms with E-state index in [0.717, 1.165) is 24.0 Å². The number of hydrogen-bond donors (Lipinski definition) is 1. The number of rotatable bonds is 8. The zero-order chi connectivity index (χ0) is 25.9. The Labute approximate surface area is 215 Å². The second-order valence-electron chi connectivity index (χ2n) is 9.25. The zero-order valence-electron chi connectivity index (χ0n) is 20.8. The monoisotopic (exact) mass is 500 g/mol. The first-order valence-corrected chi connectivity index (χ1v) is 12.3. The number of nitrogens with zero attached hydrogens (tertiary/aromatic N) is 1. The van der Waals surface area contributed by atoms with Crippen LogP contribution in [-0.2, 0) is 9.53 Å². The quantitative estimate of drug-likeness (QED) is 0.443. The van der Waals surface area contributed by atoms with Gasteiger partial charge in [0.15, 0.2) is 6.61 Å². The zero-order valence-corrected chi connectivity index (χ0v) is 20.8. The Kier molecular flexibility index (Phi) is 6.92. The molecule has 8 nitrogen and oxygen atoms in total. The van der Waals surface area contributed by atoms with Crippen molar-refractivity contribution < 1.29 is 28.6 Å². The second-order valence-corrected chi connectivity index (χ2v) is 9.25. The van der Waals surface area contributed by atoms with Crippen molar-refractivity contribution in [3.8, 4) is 17.2 Å². The van der Waals surface area contributed by atoms with Crippen molar-refractivity contribution in [2.45, 2.75) is 32.8 Å². The Hall–Kier alpha value is -4.17. The highest BCUT2D eigenvalue weighted by atomic mass is 16.5. The van der Waals surface area contributed by atoms with Crippen LogP contribution in [0.25, 0.3) is 0 Å². The van der Waals surface area contributed by atoms with E-state index >= 15 is 0 Å². The van der Waals surface area contributed by atoms with Gasteiger partial charge in [-0.15, -0.1) is 0 Å². The molecule has 1 unspecified atom stereocenters. The third-order valence-electron chi connectivity index (χ3n) is 6.48. The Morgan fingerprint density at radius 3 is 2.38 bits per heavy atom. The minimum Gasteiger partial charge on any atom is -0.483 e. The van der Waals surface area contributed by atoms with Gasteiger partial charge in [-0.3, -0.25) is 19.3 Å². The van der Waals surface area contributed by atoms with E-state index in [1.54, 1.807) is 42.5 Å². The SMILES string of the molecule is Cc1cccc(C)c1OCC(=O)Nc1ccc(Oc2ccc3c(c2)C(=O)N(CC2CCCO2)C3=O)cc1. The van der Waals surface area contributed by atoms with E-state index in [4.69, 9.17) is 14.2 Å². The van der Waals surface area contributed by atoms with Crippen molar-refractivity contribution in [2.24, 2.45) is 0 Å². The van der Waals surface area contributed by atoms with Crippen molar-refractivity contribution in [3.63, 3.8) is 0 Å². The number of nitrogens with one attached hydrogen (secondary N) is 1. The lowest BCUT2D eigenvalue weighted by Crippen LogP contribution is -2.36. The van der Waals surface area contributed by atoms with Crippen LogP contribution in [0.4, 0.5) is 5.69 Å². The van der Waals surface area contributed by atoms with Crippen LogP contribution in [0.15, 0.2) is 60.7 Å². The summed E-state index contributed by atoms with van der Waals surface area (Å²) in [7, 11) is 0. The van der Waals surface area contributed by atoms with E-state index in [0.29, 0.717) is 40.7 Å². The van der Waals surface area contributed by atoms with Crippen LogP contribution >= 0.6 is 0 Å². The van der Waals surface area contributed by atoms with E-state index in [-0.39, 0.29) is 37.0 Å². The molecule has 3 aromatic carbocycles. The average molecular weight is 501 g/mol. The van der Waals surface area contributed by atoms with Gasteiger partial charge in [-0.05, 0) is 80.3 Å². The van der Waals surface area contributed by atoms with Gasteiger partial charge in [0.2, 0.25) is 0 Å². The Bertz CT molecular complexity index is 1320.